The SMILES string of the molecule is C=CCc1cc(/C=C(\C#N)C(=O)Nc2ccc(C(=O)OC)cc2)cc(OC)c1OCc1ccc(C)cc1. The van der Waals surface area contributed by atoms with Crippen molar-refractivity contribution in [3.8, 4) is 17.6 Å². The van der Waals surface area contributed by atoms with E-state index in [2.05, 4.69) is 16.6 Å². The van der Waals surface area contributed by atoms with Gasteiger partial charge in [-0.2, -0.15) is 5.26 Å². The summed E-state index contributed by atoms with van der Waals surface area (Å²) in [5.74, 6) is -0.00843. The van der Waals surface area contributed by atoms with Crippen LogP contribution in [-0.4, -0.2) is 26.1 Å². The summed E-state index contributed by atoms with van der Waals surface area (Å²) in [6, 6.07) is 19.7. The minimum absolute atomic E-state index is 0.100. The Kier molecular flexibility index (Phi) is 9.23. The minimum Gasteiger partial charge on any atom is -0.493 e. The van der Waals surface area contributed by atoms with Crippen LogP contribution in [0, 0.1) is 18.3 Å². The highest BCUT2D eigenvalue weighted by atomic mass is 16.5. The van der Waals surface area contributed by atoms with Gasteiger partial charge in [0.25, 0.3) is 5.91 Å². The van der Waals surface area contributed by atoms with Crippen molar-refractivity contribution in [3.63, 3.8) is 0 Å². The predicted octanol–water partition coefficient (Wildman–Crippen LogP) is 5.64. The molecule has 0 atom stereocenters. The molecule has 7 nitrogen and oxygen atoms in total. The number of anilines is 1. The average molecular weight is 497 g/mol. The number of carbonyl (C=O) groups is 2. The summed E-state index contributed by atoms with van der Waals surface area (Å²) in [4.78, 5) is 24.4. The fourth-order valence-electron chi connectivity index (χ4n) is 3.55. The molecule has 3 aromatic carbocycles. The lowest BCUT2D eigenvalue weighted by molar-refractivity contribution is -0.112. The Hall–Kier alpha value is -4.83. The third-order valence-corrected chi connectivity index (χ3v) is 5.48. The topological polar surface area (TPSA) is 97.7 Å². The first-order chi connectivity index (χ1) is 17.9. The molecule has 0 saturated carbocycles. The van der Waals surface area contributed by atoms with E-state index in [0.717, 1.165) is 11.1 Å². The molecule has 0 saturated heterocycles. The molecule has 188 valence electrons. The Balaban J connectivity index is 1.85. The Labute approximate surface area is 216 Å². The van der Waals surface area contributed by atoms with E-state index in [9.17, 15) is 14.9 Å². The predicted molar refractivity (Wildman–Crippen MR) is 142 cm³/mol. The van der Waals surface area contributed by atoms with Crippen LogP contribution in [0.3, 0.4) is 0 Å². The van der Waals surface area contributed by atoms with Gasteiger partial charge in [-0.15, -0.1) is 6.58 Å². The molecule has 7 heteroatoms. The van der Waals surface area contributed by atoms with E-state index in [4.69, 9.17) is 9.47 Å². The number of ether oxygens (including phenoxy) is 3. The number of nitrogens with one attached hydrogen (secondary N) is 1. The van der Waals surface area contributed by atoms with E-state index >= 15 is 0 Å². The molecule has 3 aromatic rings. The minimum atomic E-state index is -0.586. The zero-order valence-corrected chi connectivity index (χ0v) is 21.0. The Morgan fingerprint density at radius 2 is 1.76 bits per heavy atom. The zero-order valence-electron chi connectivity index (χ0n) is 21.0. The zero-order chi connectivity index (χ0) is 26.8. The maximum atomic E-state index is 12.8. The highest BCUT2D eigenvalue weighted by Gasteiger charge is 2.15. The van der Waals surface area contributed by atoms with E-state index in [-0.39, 0.29) is 5.57 Å². The van der Waals surface area contributed by atoms with Crippen molar-refractivity contribution in [1.82, 2.24) is 0 Å². The van der Waals surface area contributed by atoms with E-state index in [1.54, 1.807) is 24.3 Å². The van der Waals surface area contributed by atoms with Gasteiger partial charge in [-0.05, 0) is 66.9 Å². The monoisotopic (exact) mass is 496 g/mol. The second-order valence-electron chi connectivity index (χ2n) is 8.17. The standard InChI is InChI=1S/C30H28N2O5/c1-5-6-24-15-22(17-27(35-3)28(24)37-19-21-9-7-20(2)8-10-21)16-25(18-31)29(33)32-26-13-11-23(12-14-26)30(34)36-4/h5,7-17H,1,6,19H2,2-4H3,(H,32,33)/b25-16+. The van der Waals surface area contributed by atoms with Crippen LogP contribution in [0.2, 0.25) is 0 Å². The number of hydrogen-bond donors (Lipinski definition) is 1. The number of carbonyl (C=O) groups excluding carboxylic acids is 2. The van der Waals surface area contributed by atoms with Gasteiger partial charge in [0.2, 0.25) is 0 Å². The molecule has 0 heterocycles. The normalized spacial score (nSPS) is 10.7. The molecule has 0 spiro atoms. The number of aryl methyl sites for hydroxylation is 1. The maximum Gasteiger partial charge on any atom is 0.337 e. The summed E-state index contributed by atoms with van der Waals surface area (Å²) in [5.41, 5.74) is 4.28. The molecular weight excluding hydrogens is 468 g/mol. The quantitative estimate of drug-likeness (QED) is 0.169. The molecule has 1 N–H and O–H groups in total. The number of nitriles is 1. The molecule has 0 unspecified atom stereocenters. The lowest BCUT2D eigenvalue weighted by Crippen LogP contribution is -2.13. The van der Waals surface area contributed by atoms with Gasteiger partial charge in [0.05, 0.1) is 19.8 Å². The summed E-state index contributed by atoms with van der Waals surface area (Å²) in [6.07, 6.45) is 3.73. The molecule has 1 amide bonds. The van der Waals surface area contributed by atoms with Gasteiger partial charge < -0.3 is 19.5 Å². The number of methoxy groups -OCH3 is 2. The summed E-state index contributed by atoms with van der Waals surface area (Å²) in [6.45, 7) is 6.21. The summed E-state index contributed by atoms with van der Waals surface area (Å²) in [5, 5.41) is 12.3. The first kappa shape index (κ1) is 26.8. The van der Waals surface area contributed by atoms with Crippen molar-refractivity contribution in [3.05, 3.63) is 107 Å². The highest BCUT2D eigenvalue weighted by Crippen LogP contribution is 2.35. The fourth-order valence-corrected chi connectivity index (χ4v) is 3.55. The number of hydrogen-bond acceptors (Lipinski definition) is 6. The number of benzene rings is 3. The lowest BCUT2D eigenvalue weighted by Gasteiger charge is -2.16. The van der Waals surface area contributed by atoms with Crippen LogP contribution in [0.1, 0.15) is 32.6 Å². The molecule has 0 bridgehead atoms. The van der Waals surface area contributed by atoms with E-state index in [0.29, 0.717) is 41.3 Å². The van der Waals surface area contributed by atoms with Crippen LogP contribution < -0.4 is 14.8 Å². The molecule has 0 aliphatic carbocycles. The van der Waals surface area contributed by atoms with Crippen molar-refractivity contribution in [2.45, 2.75) is 20.0 Å². The third kappa shape index (κ3) is 7.09. The van der Waals surface area contributed by atoms with Crippen LogP contribution in [0.4, 0.5) is 5.69 Å². The number of esters is 1. The van der Waals surface area contributed by atoms with Crippen molar-refractivity contribution in [1.29, 1.82) is 5.26 Å². The van der Waals surface area contributed by atoms with E-state index in [1.807, 2.05) is 43.3 Å². The molecule has 0 aliphatic rings. The van der Waals surface area contributed by atoms with Crippen LogP contribution in [0.25, 0.3) is 6.08 Å². The van der Waals surface area contributed by atoms with Gasteiger partial charge in [-0.25, -0.2) is 4.79 Å². The lowest BCUT2D eigenvalue weighted by atomic mass is 10.0. The number of nitrogens with zero attached hydrogens (tertiary/aromatic N) is 1. The molecule has 37 heavy (non-hydrogen) atoms. The first-order valence-electron chi connectivity index (χ1n) is 11.5. The summed E-state index contributed by atoms with van der Waals surface area (Å²) < 4.78 is 16.4. The Morgan fingerprint density at radius 3 is 2.35 bits per heavy atom. The van der Waals surface area contributed by atoms with Gasteiger partial charge in [-0.3, -0.25) is 4.79 Å². The second kappa shape index (κ2) is 12.8. The second-order valence-corrected chi connectivity index (χ2v) is 8.17. The van der Waals surface area contributed by atoms with Crippen LogP contribution in [-0.2, 0) is 22.6 Å². The van der Waals surface area contributed by atoms with Crippen molar-refractivity contribution < 1.29 is 23.8 Å². The van der Waals surface area contributed by atoms with Crippen LogP contribution in [0.15, 0.2) is 78.9 Å². The maximum absolute atomic E-state index is 12.8. The van der Waals surface area contributed by atoms with Gasteiger partial charge >= 0.3 is 5.97 Å². The molecule has 0 aliphatic heterocycles. The van der Waals surface area contributed by atoms with E-state index in [1.165, 1.54) is 38.0 Å². The van der Waals surface area contributed by atoms with Crippen LogP contribution >= 0.6 is 0 Å². The largest absolute Gasteiger partial charge is 0.493 e. The fraction of sp³-hybridized carbons (Fsp3) is 0.167. The summed E-state index contributed by atoms with van der Waals surface area (Å²) >= 11 is 0. The number of amides is 1. The molecular formula is C30H28N2O5. The van der Waals surface area contributed by atoms with Crippen molar-refractivity contribution in [2.75, 3.05) is 19.5 Å². The number of allylic oxidation sites excluding steroid dienone is 1. The van der Waals surface area contributed by atoms with Gasteiger partial charge in [0.1, 0.15) is 18.2 Å². The van der Waals surface area contributed by atoms with Crippen molar-refractivity contribution >= 4 is 23.6 Å². The summed E-state index contributed by atoms with van der Waals surface area (Å²) in [7, 11) is 2.83. The van der Waals surface area contributed by atoms with E-state index < -0.39 is 11.9 Å². The third-order valence-electron chi connectivity index (χ3n) is 5.48. The Bertz CT molecular complexity index is 1350. The smallest absolute Gasteiger partial charge is 0.337 e. The Morgan fingerprint density at radius 1 is 1.05 bits per heavy atom. The van der Waals surface area contributed by atoms with Crippen LogP contribution in [0.5, 0.6) is 11.5 Å². The van der Waals surface area contributed by atoms with Crippen molar-refractivity contribution in [2.24, 2.45) is 0 Å². The average Bonchev–Trinajstić information content (AvgIpc) is 2.91. The molecule has 3 rings (SSSR count). The van der Waals surface area contributed by atoms with Gasteiger partial charge in [-0.1, -0.05) is 35.9 Å². The first-order valence-corrected chi connectivity index (χ1v) is 11.5. The van der Waals surface area contributed by atoms with Gasteiger partial charge in [0.15, 0.2) is 11.5 Å². The molecule has 0 fully saturated rings. The van der Waals surface area contributed by atoms with Gasteiger partial charge in [0, 0.05) is 11.3 Å². The molecule has 0 aromatic heterocycles. The number of rotatable bonds is 10. The highest BCUT2D eigenvalue weighted by molar-refractivity contribution is 6.09. The molecule has 0 radical (unpaired) electrons.